The number of nitrogens with two attached hydrogens (primary N) is 1. The Morgan fingerprint density at radius 3 is 2.43 bits per heavy atom. The standard InChI is InChI=1S/C17H15ClN2O2S/c1-11-15(16(19)10-17(18)20-11)9-4-12-2-5-13(6-3-12)23(21,22)14-7-8-14/h2-3,5-6,10,14H,7-8H2,1H3,(H2,19,20). The van der Waals surface area contributed by atoms with Gasteiger partial charge in [-0.1, -0.05) is 23.4 Å². The van der Waals surface area contributed by atoms with Gasteiger partial charge in [0.1, 0.15) is 5.15 Å². The maximum absolute atomic E-state index is 12.1. The molecule has 0 unspecified atom stereocenters. The molecule has 1 aliphatic carbocycles. The van der Waals surface area contributed by atoms with Crippen LogP contribution >= 0.6 is 11.6 Å². The Labute approximate surface area is 140 Å². The third-order valence-electron chi connectivity index (χ3n) is 3.68. The SMILES string of the molecule is Cc1nc(Cl)cc(N)c1C#Cc1ccc(S(=O)(=O)C2CC2)cc1. The number of halogens is 1. The fourth-order valence-electron chi connectivity index (χ4n) is 2.25. The van der Waals surface area contributed by atoms with E-state index in [1.54, 1.807) is 37.3 Å². The van der Waals surface area contributed by atoms with Gasteiger partial charge in [0.2, 0.25) is 0 Å². The zero-order valence-electron chi connectivity index (χ0n) is 12.5. The van der Waals surface area contributed by atoms with E-state index in [2.05, 4.69) is 16.8 Å². The molecule has 1 saturated carbocycles. The number of anilines is 1. The van der Waals surface area contributed by atoms with E-state index in [0.29, 0.717) is 32.6 Å². The summed E-state index contributed by atoms with van der Waals surface area (Å²) < 4.78 is 24.3. The van der Waals surface area contributed by atoms with Crippen molar-refractivity contribution >= 4 is 27.1 Å². The summed E-state index contributed by atoms with van der Waals surface area (Å²) >= 11 is 5.83. The van der Waals surface area contributed by atoms with Crippen LogP contribution in [0.3, 0.4) is 0 Å². The smallest absolute Gasteiger partial charge is 0.181 e. The number of hydrogen-bond acceptors (Lipinski definition) is 4. The third-order valence-corrected chi connectivity index (χ3v) is 6.15. The molecule has 1 aromatic carbocycles. The van der Waals surface area contributed by atoms with Gasteiger partial charge in [0, 0.05) is 5.56 Å². The molecule has 0 atom stereocenters. The highest BCUT2D eigenvalue weighted by Crippen LogP contribution is 2.33. The number of hydrogen-bond donors (Lipinski definition) is 1. The average Bonchev–Trinajstić information content (AvgIpc) is 3.31. The maximum atomic E-state index is 12.1. The largest absolute Gasteiger partial charge is 0.398 e. The molecule has 0 amide bonds. The summed E-state index contributed by atoms with van der Waals surface area (Å²) in [7, 11) is -3.16. The number of rotatable bonds is 2. The zero-order valence-corrected chi connectivity index (χ0v) is 14.1. The van der Waals surface area contributed by atoms with E-state index < -0.39 is 9.84 Å². The molecule has 2 N–H and O–H groups in total. The van der Waals surface area contributed by atoms with Crippen LogP contribution in [0.25, 0.3) is 0 Å². The minimum Gasteiger partial charge on any atom is -0.398 e. The second-order valence-electron chi connectivity index (χ2n) is 5.51. The molecule has 0 radical (unpaired) electrons. The lowest BCUT2D eigenvalue weighted by atomic mass is 10.1. The van der Waals surface area contributed by atoms with E-state index >= 15 is 0 Å². The Morgan fingerprint density at radius 2 is 1.87 bits per heavy atom. The minimum atomic E-state index is -3.16. The van der Waals surface area contributed by atoms with Gasteiger partial charge in [-0.15, -0.1) is 0 Å². The van der Waals surface area contributed by atoms with E-state index in [-0.39, 0.29) is 5.25 Å². The molecule has 1 fully saturated rings. The molecule has 0 spiro atoms. The molecule has 118 valence electrons. The van der Waals surface area contributed by atoms with Crippen LogP contribution in [0, 0.1) is 18.8 Å². The van der Waals surface area contributed by atoms with E-state index in [4.69, 9.17) is 17.3 Å². The number of sulfone groups is 1. The van der Waals surface area contributed by atoms with Crippen molar-refractivity contribution in [1.29, 1.82) is 0 Å². The molecule has 0 aliphatic heterocycles. The van der Waals surface area contributed by atoms with E-state index in [1.165, 1.54) is 0 Å². The summed E-state index contributed by atoms with van der Waals surface area (Å²) in [5.41, 5.74) is 8.38. The van der Waals surface area contributed by atoms with Crippen LogP contribution in [0.4, 0.5) is 5.69 Å². The molecule has 3 rings (SSSR count). The van der Waals surface area contributed by atoms with Crippen molar-refractivity contribution in [2.45, 2.75) is 29.9 Å². The normalized spacial score (nSPS) is 14.2. The van der Waals surface area contributed by atoms with Crippen molar-refractivity contribution in [2.75, 3.05) is 5.73 Å². The second-order valence-corrected chi connectivity index (χ2v) is 8.13. The van der Waals surface area contributed by atoms with Crippen LogP contribution in [-0.2, 0) is 9.84 Å². The summed E-state index contributed by atoms with van der Waals surface area (Å²) in [4.78, 5) is 4.48. The number of aryl methyl sites for hydroxylation is 1. The van der Waals surface area contributed by atoms with Crippen LogP contribution in [0.2, 0.25) is 5.15 Å². The molecule has 1 heterocycles. The first-order valence-corrected chi connectivity index (χ1v) is 9.09. The summed E-state index contributed by atoms with van der Waals surface area (Å²) in [5, 5.41) is 0.127. The lowest BCUT2D eigenvalue weighted by Crippen LogP contribution is -2.06. The molecular formula is C17H15ClN2O2S. The van der Waals surface area contributed by atoms with Crippen LogP contribution in [0.5, 0.6) is 0 Å². The molecule has 6 heteroatoms. The van der Waals surface area contributed by atoms with Gasteiger partial charge in [0.05, 0.1) is 27.1 Å². The van der Waals surface area contributed by atoms with Gasteiger partial charge in [-0.2, -0.15) is 0 Å². The summed E-state index contributed by atoms with van der Waals surface area (Å²) in [5.74, 6) is 5.95. The molecule has 1 aromatic heterocycles. The van der Waals surface area contributed by atoms with Crippen LogP contribution in [0.15, 0.2) is 35.2 Å². The minimum absolute atomic E-state index is 0.206. The highest BCUT2D eigenvalue weighted by atomic mass is 35.5. The topological polar surface area (TPSA) is 73.0 Å². The number of benzene rings is 1. The number of pyridine rings is 1. The van der Waals surface area contributed by atoms with E-state index in [0.717, 1.165) is 12.8 Å². The third kappa shape index (κ3) is 3.34. The van der Waals surface area contributed by atoms with E-state index in [1.807, 2.05) is 0 Å². The highest BCUT2D eigenvalue weighted by molar-refractivity contribution is 7.92. The fraction of sp³-hybridized carbons (Fsp3) is 0.235. The molecular weight excluding hydrogens is 332 g/mol. The number of nitrogens with zero attached hydrogens (tertiary/aromatic N) is 1. The van der Waals surface area contributed by atoms with Gasteiger partial charge in [-0.25, -0.2) is 13.4 Å². The van der Waals surface area contributed by atoms with Crippen molar-refractivity contribution in [3.8, 4) is 11.8 Å². The van der Waals surface area contributed by atoms with Gasteiger partial charge in [0.25, 0.3) is 0 Å². The predicted octanol–water partition coefficient (Wildman–Crippen LogP) is 2.96. The molecule has 4 nitrogen and oxygen atoms in total. The summed E-state index contributed by atoms with van der Waals surface area (Å²) in [6, 6.07) is 8.18. The van der Waals surface area contributed by atoms with Gasteiger partial charge in [-0.3, -0.25) is 0 Å². The molecule has 0 saturated heterocycles. The van der Waals surface area contributed by atoms with Crippen LogP contribution in [-0.4, -0.2) is 18.7 Å². The van der Waals surface area contributed by atoms with Crippen molar-refractivity contribution in [3.63, 3.8) is 0 Å². The lowest BCUT2D eigenvalue weighted by molar-refractivity contribution is 0.595. The molecule has 2 aromatic rings. The maximum Gasteiger partial charge on any atom is 0.181 e. The Bertz CT molecular complexity index is 898. The van der Waals surface area contributed by atoms with Crippen molar-refractivity contribution in [3.05, 3.63) is 52.3 Å². The summed E-state index contributed by atoms with van der Waals surface area (Å²) in [6.07, 6.45) is 1.51. The monoisotopic (exact) mass is 346 g/mol. The first-order valence-electron chi connectivity index (χ1n) is 7.16. The van der Waals surface area contributed by atoms with Gasteiger partial charge in [0.15, 0.2) is 9.84 Å². The van der Waals surface area contributed by atoms with Gasteiger partial charge < -0.3 is 5.73 Å². The Morgan fingerprint density at radius 1 is 1.22 bits per heavy atom. The van der Waals surface area contributed by atoms with E-state index in [9.17, 15) is 8.42 Å². The summed E-state index contributed by atoms with van der Waals surface area (Å²) in [6.45, 7) is 1.79. The van der Waals surface area contributed by atoms with Crippen molar-refractivity contribution < 1.29 is 8.42 Å². The Kier molecular flexibility index (Phi) is 4.05. The quantitative estimate of drug-likeness (QED) is 0.670. The fourth-order valence-corrected chi connectivity index (χ4v) is 4.16. The average molecular weight is 347 g/mol. The van der Waals surface area contributed by atoms with Crippen molar-refractivity contribution in [1.82, 2.24) is 4.98 Å². The first-order chi connectivity index (χ1) is 10.9. The van der Waals surface area contributed by atoms with Crippen molar-refractivity contribution in [2.24, 2.45) is 0 Å². The predicted molar refractivity (Wildman–Crippen MR) is 91.0 cm³/mol. The number of aromatic nitrogens is 1. The van der Waals surface area contributed by atoms with Gasteiger partial charge >= 0.3 is 0 Å². The van der Waals surface area contributed by atoms with Crippen LogP contribution in [0.1, 0.15) is 29.7 Å². The van der Waals surface area contributed by atoms with Crippen LogP contribution < -0.4 is 5.73 Å². The zero-order chi connectivity index (χ0) is 16.6. The Hall–Kier alpha value is -2.03. The first kappa shape index (κ1) is 15.9. The Balaban J connectivity index is 1.88. The lowest BCUT2D eigenvalue weighted by Gasteiger charge is -2.03. The molecule has 23 heavy (non-hydrogen) atoms. The number of nitrogen functional groups attached to an aromatic ring is 1. The second kappa shape index (κ2) is 5.88. The molecule has 1 aliphatic rings. The highest BCUT2D eigenvalue weighted by Gasteiger charge is 2.36. The van der Waals surface area contributed by atoms with Gasteiger partial charge in [-0.05, 0) is 50.1 Å². The molecule has 0 bridgehead atoms.